The molecule has 0 atom stereocenters. The lowest BCUT2D eigenvalue weighted by molar-refractivity contribution is -0.136. The summed E-state index contributed by atoms with van der Waals surface area (Å²) in [5.41, 5.74) is 0.838. The van der Waals surface area contributed by atoms with Gasteiger partial charge in [0.15, 0.2) is 0 Å². The standard InChI is InChI=1S/C17H14N2O4S/c20-17(21)10-12-3-1-5-14(9-12)19-24(22,23)16-6-2-4-13-11-18-8-7-15(13)16/h1-9,11,19H,10H2,(H,20,21). The van der Waals surface area contributed by atoms with E-state index in [2.05, 4.69) is 9.71 Å². The maximum absolute atomic E-state index is 12.7. The van der Waals surface area contributed by atoms with Crippen LogP contribution < -0.4 is 4.72 Å². The van der Waals surface area contributed by atoms with Gasteiger partial charge in [-0.3, -0.25) is 14.5 Å². The van der Waals surface area contributed by atoms with Crippen molar-refractivity contribution >= 4 is 32.5 Å². The smallest absolute Gasteiger partial charge is 0.307 e. The second kappa shape index (κ2) is 6.29. The number of nitrogens with one attached hydrogen (secondary N) is 1. The van der Waals surface area contributed by atoms with E-state index >= 15 is 0 Å². The number of fused-ring (bicyclic) bond motifs is 1. The van der Waals surface area contributed by atoms with Crippen LogP contribution in [-0.2, 0) is 21.2 Å². The molecule has 7 heteroatoms. The van der Waals surface area contributed by atoms with Gasteiger partial charge in [-0.25, -0.2) is 8.42 Å². The number of aliphatic carboxylic acids is 1. The van der Waals surface area contributed by atoms with Crippen molar-refractivity contribution in [2.45, 2.75) is 11.3 Å². The summed E-state index contributed by atoms with van der Waals surface area (Å²) in [6.45, 7) is 0. The van der Waals surface area contributed by atoms with Gasteiger partial charge in [0, 0.05) is 28.9 Å². The Morgan fingerprint density at radius 3 is 2.71 bits per heavy atom. The van der Waals surface area contributed by atoms with E-state index in [1.54, 1.807) is 42.6 Å². The average molecular weight is 342 g/mol. The second-order valence-corrected chi connectivity index (χ2v) is 6.88. The molecule has 3 rings (SSSR count). The summed E-state index contributed by atoms with van der Waals surface area (Å²) in [5, 5.41) is 10.1. The molecule has 6 nitrogen and oxygen atoms in total. The van der Waals surface area contributed by atoms with Gasteiger partial charge in [0.2, 0.25) is 0 Å². The van der Waals surface area contributed by atoms with Crippen molar-refractivity contribution in [1.29, 1.82) is 0 Å². The molecule has 0 saturated carbocycles. The summed E-state index contributed by atoms with van der Waals surface area (Å²) < 4.78 is 27.9. The van der Waals surface area contributed by atoms with Gasteiger partial charge in [-0.1, -0.05) is 24.3 Å². The molecule has 0 aliphatic rings. The number of pyridine rings is 1. The molecule has 0 radical (unpaired) electrons. The topological polar surface area (TPSA) is 96.4 Å². The van der Waals surface area contributed by atoms with E-state index in [4.69, 9.17) is 5.11 Å². The highest BCUT2D eigenvalue weighted by Crippen LogP contribution is 2.24. The maximum atomic E-state index is 12.7. The number of nitrogens with zero attached hydrogens (tertiary/aromatic N) is 1. The Balaban J connectivity index is 1.98. The molecule has 2 N–H and O–H groups in total. The zero-order valence-corrected chi connectivity index (χ0v) is 13.3. The van der Waals surface area contributed by atoms with Crippen LogP contribution >= 0.6 is 0 Å². The fourth-order valence-electron chi connectivity index (χ4n) is 2.46. The van der Waals surface area contributed by atoms with Crippen molar-refractivity contribution < 1.29 is 18.3 Å². The van der Waals surface area contributed by atoms with Crippen LogP contribution in [0.25, 0.3) is 10.8 Å². The Morgan fingerprint density at radius 1 is 1.12 bits per heavy atom. The van der Waals surface area contributed by atoms with Crippen LogP contribution in [0.15, 0.2) is 65.8 Å². The first-order chi connectivity index (χ1) is 11.5. The van der Waals surface area contributed by atoms with Crippen molar-refractivity contribution in [3.63, 3.8) is 0 Å². The van der Waals surface area contributed by atoms with Crippen LogP contribution in [0.4, 0.5) is 5.69 Å². The van der Waals surface area contributed by atoms with Gasteiger partial charge in [-0.15, -0.1) is 0 Å². The first-order valence-electron chi connectivity index (χ1n) is 7.12. The van der Waals surface area contributed by atoms with Crippen molar-refractivity contribution in [3.8, 4) is 0 Å². The number of carboxylic acid groups (broad SMARTS) is 1. The summed E-state index contributed by atoms with van der Waals surface area (Å²) in [7, 11) is -3.81. The number of anilines is 1. The summed E-state index contributed by atoms with van der Waals surface area (Å²) in [4.78, 5) is 14.9. The predicted molar refractivity (Wildman–Crippen MR) is 90.3 cm³/mol. The molecular formula is C17H14N2O4S. The molecule has 3 aromatic rings. The highest BCUT2D eigenvalue weighted by Gasteiger charge is 2.17. The van der Waals surface area contributed by atoms with E-state index in [9.17, 15) is 13.2 Å². The van der Waals surface area contributed by atoms with Crippen LogP contribution in [0.1, 0.15) is 5.56 Å². The fourth-order valence-corrected chi connectivity index (χ4v) is 3.74. The highest BCUT2D eigenvalue weighted by molar-refractivity contribution is 7.93. The number of carboxylic acids is 1. The number of sulfonamides is 1. The molecule has 0 saturated heterocycles. The lowest BCUT2D eigenvalue weighted by atomic mass is 10.1. The molecule has 0 aliphatic heterocycles. The summed E-state index contributed by atoms with van der Waals surface area (Å²) in [6.07, 6.45) is 2.96. The van der Waals surface area contributed by atoms with Crippen molar-refractivity contribution in [2.24, 2.45) is 0 Å². The fraction of sp³-hybridized carbons (Fsp3) is 0.0588. The van der Waals surface area contributed by atoms with Gasteiger partial charge in [0.1, 0.15) is 0 Å². The number of hydrogen-bond donors (Lipinski definition) is 2. The Labute approximate surface area is 138 Å². The number of aromatic nitrogens is 1. The Hall–Kier alpha value is -2.93. The summed E-state index contributed by atoms with van der Waals surface area (Å²) in [6, 6.07) is 12.9. The van der Waals surface area contributed by atoms with Crippen LogP contribution in [-0.4, -0.2) is 24.5 Å². The molecule has 24 heavy (non-hydrogen) atoms. The largest absolute Gasteiger partial charge is 0.481 e. The molecule has 122 valence electrons. The van der Waals surface area contributed by atoms with E-state index in [1.165, 1.54) is 18.3 Å². The van der Waals surface area contributed by atoms with E-state index in [0.717, 1.165) is 5.39 Å². The average Bonchev–Trinajstić information content (AvgIpc) is 2.53. The molecule has 0 unspecified atom stereocenters. The van der Waals surface area contributed by atoms with Gasteiger partial charge in [-0.05, 0) is 29.8 Å². The molecule has 0 spiro atoms. The minimum atomic E-state index is -3.81. The van der Waals surface area contributed by atoms with Crippen LogP contribution in [0.5, 0.6) is 0 Å². The third-order valence-corrected chi connectivity index (χ3v) is 4.90. The van der Waals surface area contributed by atoms with Gasteiger partial charge in [0.05, 0.1) is 11.3 Å². The van der Waals surface area contributed by atoms with E-state index in [0.29, 0.717) is 16.6 Å². The van der Waals surface area contributed by atoms with Gasteiger partial charge >= 0.3 is 5.97 Å². The molecule has 0 fully saturated rings. The third kappa shape index (κ3) is 3.36. The minimum Gasteiger partial charge on any atom is -0.481 e. The molecule has 0 amide bonds. The molecule has 2 aromatic carbocycles. The van der Waals surface area contributed by atoms with E-state index < -0.39 is 16.0 Å². The minimum absolute atomic E-state index is 0.144. The first kappa shape index (κ1) is 15.9. The first-order valence-corrected chi connectivity index (χ1v) is 8.60. The van der Waals surface area contributed by atoms with Crippen LogP contribution in [0.2, 0.25) is 0 Å². The lowest BCUT2D eigenvalue weighted by Crippen LogP contribution is -2.13. The van der Waals surface area contributed by atoms with Gasteiger partial charge in [-0.2, -0.15) is 0 Å². The maximum Gasteiger partial charge on any atom is 0.307 e. The lowest BCUT2D eigenvalue weighted by Gasteiger charge is -2.11. The zero-order valence-electron chi connectivity index (χ0n) is 12.5. The van der Waals surface area contributed by atoms with E-state index in [1.807, 2.05) is 0 Å². The van der Waals surface area contributed by atoms with Gasteiger partial charge in [0.25, 0.3) is 10.0 Å². The molecule has 1 heterocycles. The second-order valence-electron chi connectivity index (χ2n) is 5.23. The van der Waals surface area contributed by atoms with Crippen molar-refractivity contribution in [3.05, 3.63) is 66.5 Å². The van der Waals surface area contributed by atoms with Crippen LogP contribution in [0.3, 0.4) is 0 Å². The Kier molecular flexibility index (Phi) is 4.18. The van der Waals surface area contributed by atoms with Gasteiger partial charge < -0.3 is 5.11 Å². The SMILES string of the molecule is O=C(O)Cc1cccc(NS(=O)(=O)c2cccc3cnccc23)c1. The number of carbonyl (C=O) groups is 1. The molecule has 0 bridgehead atoms. The summed E-state index contributed by atoms with van der Waals surface area (Å²) in [5.74, 6) is -0.975. The normalized spacial score (nSPS) is 11.3. The molecule has 1 aromatic heterocycles. The number of benzene rings is 2. The Bertz CT molecular complexity index is 1010. The predicted octanol–water partition coefficient (Wildman–Crippen LogP) is 2.66. The number of hydrogen-bond acceptors (Lipinski definition) is 4. The quantitative estimate of drug-likeness (QED) is 0.743. The van der Waals surface area contributed by atoms with Crippen molar-refractivity contribution in [1.82, 2.24) is 4.98 Å². The molecule has 0 aliphatic carbocycles. The Morgan fingerprint density at radius 2 is 1.92 bits per heavy atom. The zero-order chi connectivity index (χ0) is 17.2. The number of rotatable bonds is 5. The van der Waals surface area contributed by atoms with E-state index in [-0.39, 0.29) is 11.3 Å². The monoisotopic (exact) mass is 342 g/mol. The highest BCUT2D eigenvalue weighted by atomic mass is 32.2. The van der Waals surface area contributed by atoms with Crippen molar-refractivity contribution in [2.75, 3.05) is 4.72 Å². The summed E-state index contributed by atoms with van der Waals surface area (Å²) >= 11 is 0. The van der Waals surface area contributed by atoms with Crippen LogP contribution in [0, 0.1) is 0 Å². The molecular weight excluding hydrogens is 328 g/mol. The third-order valence-electron chi connectivity index (χ3n) is 3.46.